The first-order chi connectivity index (χ1) is 11.5. The van der Waals surface area contributed by atoms with Crippen molar-refractivity contribution < 1.29 is 9.90 Å². The van der Waals surface area contributed by atoms with Crippen molar-refractivity contribution >= 4 is 40.9 Å². The van der Waals surface area contributed by atoms with Crippen LogP contribution in [0, 0.1) is 0 Å². The molecule has 1 heterocycles. The molecule has 24 heavy (non-hydrogen) atoms. The molecule has 6 heteroatoms. The minimum atomic E-state index is -0.279. The van der Waals surface area contributed by atoms with Gasteiger partial charge in [0.15, 0.2) is 5.78 Å². The van der Waals surface area contributed by atoms with Gasteiger partial charge in [0.05, 0.1) is 9.20 Å². The summed E-state index contributed by atoms with van der Waals surface area (Å²) in [7, 11) is 0. The van der Waals surface area contributed by atoms with Crippen LogP contribution in [-0.4, -0.2) is 15.9 Å². The molecule has 0 aliphatic rings. The van der Waals surface area contributed by atoms with Gasteiger partial charge in [0.1, 0.15) is 5.75 Å². The van der Waals surface area contributed by atoms with E-state index in [-0.39, 0.29) is 17.1 Å². The Balaban J connectivity index is 1.98. The van der Waals surface area contributed by atoms with Gasteiger partial charge in [-0.05, 0) is 48.0 Å². The van der Waals surface area contributed by atoms with Gasteiger partial charge in [0.25, 0.3) is 5.56 Å². The van der Waals surface area contributed by atoms with Crippen LogP contribution in [-0.2, 0) is 0 Å². The van der Waals surface area contributed by atoms with E-state index in [9.17, 15) is 14.7 Å². The highest BCUT2D eigenvalue weighted by Gasteiger charge is 2.03. The monoisotopic (exact) mass is 357 g/mol. The minimum Gasteiger partial charge on any atom is -0.508 e. The van der Waals surface area contributed by atoms with Gasteiger partial charge < -0.3 is 10.1 Å². The number of benzene rings is 2. The number of carbonyl (C=O) groups is 1. The van der Waals surface area contributed by atoms with Crippen molar-refractivity contribution in [2.45, 2.75) is 0 Å². The molecule has 2 aromatic carbocycles. The number of phenolic OH excluding ortho intramolecular Hbond substituents is 1. The molecule has 0 aliphatic heterocycles. The first-order valence-corrected chi connectivity index (χ1v) is 8.22. The van der Waals surface area contributed by atoms with E-state index in [1.807, 2.05) is 0 Å². The summed E-state index contributed by atoms with van der Waals surface area (Å²) in [6, 6.07) is 13.1. The van der Waals surface area contributed by atoms with E-state index in [4.69, 9.17) is 11.6 Å². The lowest BCUT2D eigenvalue weighted by Crippen LogP contribution is -2.19. The quantitative estimate of drug-likeness (QED) is 0.706. The van der Waals surface area contributed by atoms with Gasteiger partial charge in [0.2, 0.25) is 0 Å². The number of Topliss-reactive ketones (excluding diaryl/α,β-unsaturated/α-hetero) is 1. The Labute approximate surface area is 146 Å². The molecule has 4 nitrogen and oxygen atoms in total. The zero-order valence-corrected chi connectivity index (χ0v) is 13.9. The third-order valence-corrected chi connectivity index (χ3v) is 4.45. The van der Waals surface area contributed by atoms with E-state index < -0.39 is 0 Å². The number of ketones is 1. The zero-order chi connectivity index (χ0) is 17.1. The molecule has 0 saturated carbocycles. The summed E-state index contributed by atoms with van der Waals surface area (Å²) in [4.78, 5) is 26.9. The lowest BCUT2D eigenvalue weighted by Gasteiger charge is -1.94. The topological polar surface area (TPSA) is 70.2 Å². The molecule has 0 saturated heterocycles. The molecule has 1 aromatic heterocycles. The summed E-state index contributed by atoms with van der Waals surface area (Å²) in [5, 5.41) is 10.0. The number of hydrogen-bond acceptors (Lipinski definition) is 4. The van der Waals surface area contributed by atoms with Gasteiger partial charge in [0, 0.05) is 16.7 Å². The Morgan fingerprint density at radius 1 is 1.17 bits per heavy atom. The molecule has 0 atom stereocenters. The lowest BCUT2D eigenvalue weighted by molar-refractivity contribution is 0.106. The number of hydrogen-bond donors (Lipinski definition) is 2. The van der Waals surface area contributed by atoms with Gasteiger partial charge in [-0.15, -0.1) is 11.3 Å². The van der Waals surface area contributed by atoms with Gasteiger partial charge in [-0.1, -0.05) is 23.7 Å². The van der Waals surface area contributed by atoms with Crippen LogP contribution in [0.2, 0.25) is 5.02 Å². The standard InChI is InChI=1S/C18H12ClNO3S/c19-13-6-4-12(5-7-13)15(22)10-17-20-18(23)16(24-17)9-11-2-1-3-14(21)8-11/h1-10,21H,(H,20,23). The van der Waals surface area contributed by atoms with Crippen molar-refractivity contribution in [2.24, 2.45) is 0 Å². The molecule has 120 valence electrons. The maximum Gasteiger partial charge on any atom is 0.266 e. The SMILES string of the molecule is O=C(C=c1[nH]c(=O)c(=Cc2cccc(O)c2)s1)c1ccc(Cl)cc1. The van der Waals surface area contributed by atoms with Crippen LogP contribution in [0.1, 0.15) is 15.9 Å². The van der Waals surface area contributed by atoms with Crippen LogP contribution in [0.3, 0.4) is 0 Å². The second-order valence-corrected chi connectivity index (χ2v) is 6.56. The van der Waals surface area contributed by atoms with E-state index in [2.05, 4.69) is 4.98 Å². The molecule has 2 N–H and O–H groups in total. The number of H-pyrrole nitrogens is 1. The highest BCUT2D eigenvalue weighted by atomic mass is 35.5. The summed E-state index contributed by atoms with van der Waals surface area (Å²) in [6.45, 7) is 0. The summed E-state index contributed by atoms with van der Waals surface area (Å²) in [5.74, 6) is -0.0884. The third-order valence-electron chi connectivity index (χ3n) is 3.24. The van der Waals surface area contributed by atoms with Crippen LogP contribution in [0.4, 0.5) is 0 Å². The molecule has 0 aliphatic carbocycles. The fourth-order valence-corrected chi connectivity index (χ4v) is 3.12. The second kappa shape index (κ2) is 6.86. The molecule has 0 spiro atoms. The Bertz CT molecular complexity index is 1060. The Morgan fingerprint density at radius 2 is 1.92 bits per heavy atom. The normalized spacial score (nSPS) is 12.5. The molecular weight excluding hydrogens is 346 g/mol. The molecule has 0 unspecified atom stereocenters. The van der Waals surface area contributed by atoms with Gasteiger partial charge in [-0.25, -0.2) is 0 Å². The van der Waals surface area contributed by atoms with Crippen LogP contribution >= 0.6 is 22.9 Å². The Morgan fingerprint density at radius 3 is 2.62 bits per heavy atom. The number of aromatic nitrogens is 1. The first-order valence-electron chi connectivity index (χ1n) is 7.03. The van der Waals surface area contributed by atoms with E-state index in [0.717, 1.165) is 0 Å². The van der Waals surface area contributed by atoms with Crippen LogP contribution in [0.25, 0.3) is 12.2 Å². The van der Waals surface area contributed by atoms with E-state index in [0.29, 0.717) is 25.3 Å². The minimum absolute atomic E-state index is 0.126. The number of halogens is 1. The van der Waals surface area contributed by atoms with Crippen LogP contribution in [0.15, 0.2) is 53.3 Å². The number of aromatic hydroxyl groups is 1. The Kier molecular flexibility index (Phi) is 4.64. The number of rotatable bonds is 3. The highest BCUT2D eigenvalue weighted by Crippen LogP contribution is 2.11. The molecule has 0 bridgehead atoms. The molecule has 0 radical (unpaired) electrons. The smallest absolute Gasteiger partial charge is 0.266 e. The molecule has 0 amide bonds. The van der Waals surface area contributed by atoms with Gasteiger partial charge in [-0.3, -0.25) is 9.59 Å². The van der Waals surface area contributed by atoms with E-state index >= 15 is 0 Å². The van der Waals surface area contributed by atoms with Crippen LogP contribution < -0.4 is 14.8 Å². The summed E-state index contributed by atoms with van der Waals surface area (Å²) in [5.41, 5.74) is 0.920. The molecule has 0 fully saturated rings. The van der Waals surface area contributed by atoms with Crippen molar-refractivity contribution in [3.8, 4) is 5.75 Å². The molecule has 3 rings (SSSR count). The van der Waals surface area contributed by atoms with Crippen LogP contribution in [0.5, 0.6) is 5.75 Å². The maximum absolute atomic E-state index is 12.2. The van der Waals surface area contributed by atoms with Gasteiger partial charge in [-0.2, -0.15) is 0 Å². The Hall–Kier alpha value is -2.63. The van der Waals surface area contributed by atoms with Crippen molar-refractivity contribution in [3.63, 3.8) is 0 Å². The third kappa shape index (κ3) is 3.82. The number of nitrogens with one attached hydrogen (secondary N) is 1. The number of aromatic amines is 1. The van der Waals surface area contributed by atoms with Crippen molar-refractivity contribution in [1.82, 2.24) is 4.98 Å². The fourth-order valence-electron chi connectivity index (χ4n) is 2.11. The molecule has 3 aromatic rings. The second-order valence-electron chi connectivity index (χ2n) is 5.04. The van der Waals surface area contributed by atoms with E-state index in [1.165, 1.54) is 17.4 Å². The van der Waals surface area contributed by atoms with Crippen molar-refractivity contribution in [3.05, 3.63) is 84.2 Å². The number of thiazole rings is 1. The largest absolute Gasteiger partial charge is 0.508 e. The predicted octanol–water partition coefficient (Wildman–Crippen LogP) is 2.29. The summed E-state index contributed by atoms with van der Waals surface area (Å²) >= 11 is 6.98. The highest BCUT2D eigenvalue weighted by molar-refractivity contribution is 7.07. The van der Waals surface area contributed by atoms with Crippen molar-refractivity contribution in [2.75, 3.05) is 0 Å². The average molecular weight is 358 g/mol. The lowest BCUT2D eigenvalue weighted by atomic mass is 10.1. The van der Waals surface area contributed by atoms with Crippen molar-refractivity contribution in [1.29, 1.82) is 0 Å². The van der Waals surface area contributed by atoms with Gasteiger partial charge >= 0.3 is 0 Å². The summed E-state index contributed by atoms with van der Waals surface area (Å²) < 4.78 is 0.919. The maximum atomic E-state index is 12.2. The molecular formula is C18H12ClNO3S. The zero-order valence-electron chi connectivity index (χ0n) is 12.3. The average Bonchev–Trinajstić information content (AvgIpc) is 2.87. The predicted molar refractivity (Wildman–Crippen MR) is 96.1 cm³/mol. The van der Waals surface area contributed by atoms with E-state index in [1.54, 1.807) is 54.6 Å². The number of carbonyl (C=O) groups excluding carboxylic acids is 1. The summed E-state index contributed by atoms with van der Waals surface area (Å²) in [6.07, 6.45) is 3.04. The first kappa shape index (κ1) is 16.2. The number of phenols is 1. The fraction of sp³-hybridized carbons (Fsp3) is 0.